The first kappa shape index (κ1) is 51.2. The largest absolute Gasteiger partial charge is 0.459 e. The number of rotatable bonds is 19. The van der Waals surface area contributed by atoms with Crippen LogP contribution in [0.4, 0.5) is 4.79 Å². The minimum absolute atomic E-state index is 0.00436. The summed E-state index contributed by atoms with van der Waals surface area (Å²) in [5.74, 6) is -4.42. The van der Waals surface area contributed by atoms with Gasteiger partial charge >= 0.3 is 12.1 Å². The van der Waals surface area contributed by atoms with E-state index in [1.807, 2.05) is 58.0 Å². The number of nitrogens with zero attached hydrogens (tertiary/aromatic N) is 2. The lowest BCUT2D eigenvalue weighted by atomic mass is 9.90. The number of benzene rings is 1. The van der Waals surface area contributed by atoms with Crippen LogP contribution in [-0.2, 0) is 44.5 Å². The van der Waals surface area contributed by atoms with Crippen LogP contribution in [0.5, 0.6) is 0 Å². The van der Waals surface area contributed by atoms with Gasteiger partial charge in [-0.15, -0.1) is 0 Å². The number of amides is 4. The Morgan fingerprint density at radius 1 is 0.915 bits per heavy atom. The Morgan fingerprint density at radius 3 is 2.05 bits per heavy atom. The summed E-state index contributed by atoms with van der Waals surface area (Å²) in [4.78, 5) is 88.0. The molecule has 0 spiro atoms. The van der Waals surface area contributed by atoms with E-state index in [9.17, 15) is 28.8 Å². The van der Waals surface area contributed by atoms with Gasteiger partial charge in [0.05, 0.1) is 30.2 Å². The average Bonchev–Trinajstić information content (AvgIpc) is 3.62. The summed E-state index contributed by atoms with van der Waals surface area (Å²) in [5, 5.41) is 5.46. The number of ether oxygens (including phenoxy) is 2. The predicted molar refractivity (Wildman–Crippen MR) is 233 cm³/mol. The first-order chi connectivity index (χ1) is 27.2. The summed E-state index contributed by atoms with van der Waals surface area (Å²) in [6.07, 6.45) is 0.0937. The second kappa shape index (κ2) is 22.1. The molecule has 1 aromatic carbocycles. The zero-order valence-corrected chi connectivity index (χ0v) is 39.5. The van der Waals surface area contributed by atoms with E-state index in [0.29, 0.717) is 31.5 Å². The molecule has 1 aliphatic rings. The van der Waals surface area contributed by atoms with Gasteiger partial charge < -0.3 is 29.4 Å². The maximum atomic E-state index is 14.1. The molecule has 1 heterocycles. The molecule has 4 amide bonds. The lowest BCUT2D eigenvalue weighted by molar-refractivity contribution is -0.155. The van der Waals surface area contributed by atoms with Crippen LogP contribution in [0.2, 0.25) is 18.1 Å². The highest BCUT2D eigenvalue weighted by atomic mass is 28.4. The molecule has 6 atom stereocenters. The number of carbonyl (C=O) groups is 6. The van der Waals surface area contributed by atoms with Gasteiger partial charge in [0.1, 0.15) is 24.3 Å². The quantitative estimate of drug-likeness (QED) is 0.0611. The average molecular weight is 843 g/mol. The van der Waals surface area contributed by atoms with Crippen molar-refractivity contribution in [3.05, 3.63) is 35.9 Å². The van der Waals surface area contributed by atoms with Crippen molar-refractivity contribution in [1.29, 1.82) is 0 Å². The van der Waals surface area contributed by atoms with E-state index >= 15 is 0 Å². The first-order valence-corrected chi connectivity index (χ1v) is 24.2. The van der Waals surface area contributed by atoms with E-state index in [2.05, 4.69) is 49.5 Å². The number of carbonyl (C=O) groups excluding carboxylic acids is 6. The van der Waals surface area contributed by atoms with Gasteiger partial charge in [-0.1, -0.05) is 92.6 Å². The summed E-state index contributed by atoms with van der Waals surface area (Å²) >= 11 is 0. The summed E-state index contributed by atoms with van der Waals surface area (Å²) in [6.45, 7) is 28.8. The van der Waals surface area contributed by atoms with Gasteiger partial charge in [-0.3, -0.25) is 19.2 Å². The van der Waals surface area contributed by atoms with Crippen LogP contribution in [0, 0.1) is 23.7 Å². The maximum absolute atomic E-state index is 14.1. The monoisotopic (exact) mass is 843 g/mol. The number of Topliss-reactive ketones (excluding diaryl/α,β-unsaturated/α-hetero) is 1. The molecular weight excluding hydrogens is 769 g/mol. The van der Waals surface area contributed by atoms with Crippen LogP contribution < -0.4 is 10.6 Å². The zero-order valence-electron chi connectivity index (χ0n) is 38.5. The Bertz CT molecular complexity index is 1630. The van der Waals surface area contributed by atoms with Gasteiger partial charge in [0.25, 0.3) is 0 Å². The standard InChI is InChI=1S/C45H74N4O9Si/c1-16-30(6)38(48-43(55)57-44(8,9)10)35(58-59(14,15)45(11,12)13)26-36(50)47-37(29(4)5)39(51)31(7)40(52)46-33(25-28(2)3)41(53)49-24-20-23-34(49)42(54)56-27-32-21-18-17-19-22-32/h17-19,21-22,28-31,33-35,37H,16,20,23-27H2,1-15H3,(H,46,52)(H,47,50)/b48-38+/t30-,31?,33-,34-,35-,37-/m0/s1. The second-order valence-electron chi connectivity index (χ2n) is 19.3. The van der Waals surface area contributed by atoms with E-state index in [4.69, 9.17) is 13.9 Å². The van der Waals surface area contributed by atoms with Gasteiger partial charge in [-0.2, -0.15) is 4.99 Å². The Hall–Kier alpha value is -3.91. The molecule has 2 N–H and O–H groups in total. The number of aliphatic imine (C=N–C) groups is 1. The van der Waals surface area contributed by atoms with Gasteiger partial charge in [-0.25, -0.2) is 9.59 Å². The van der Waals surface area contributed by atoms with Crippen molar-refractivity contribution >= 4 is 49.6 Å². The second-order valence-corrected chi connectivity index (χ2v) is 24.0. The van der Waals surface area contributed by atoms with Gasteiger partial charge in [-0.05, 0) is 94.8 Å². The molecule has 1 saturated heterocycles. The maximum Gasteiger partial charge on any atom is 0.434 e. The third-order valence-corrected chi connectivity index (χ3v) is 15.6. The van der Waals surface area contributed by atoms with Crippen LogP contribution >= 0.6 is 0 Å². The summed E-state index contributed by atoms with van der Waals surface area (Å²) in [6, 6.07) is 6.48. The van der Waals surface area contributed by atoms with Gasteiger partial charge in [0.15, 0.2) is 14.1 Å². The van der Waals surface area contributed by atoms with E-state index in [0.717, 1.165) is 5.56 Å². The fraction of sp³-hybridized carbons (Fsp3) is 0.711. The highest BCUT2D eigenvalue weighted by molar-refractivity contribution is 6.74. The number of ketones is 1. The zero-order chi connectivity index (χ0) is 45.0. The molecule has 0 aromatic heterocycles. The minimum Gasteiger partial charge on any atom is -0.459 e. The number of likely N-dealkylation sites (tertiary alicyclic amines) is 1. The topological polar surface area (TPSA) is 170 Å². The molecule has 1 aromatic rings. The molecule has 13 nitrogen and oxygen atoms in total. The van der Waals surface area contributed by atoms with E-state index in [1.54, 1.807) is 34.6 Å². The smallest absolute Gasteiger partial charge is 0.434 e. The lowest BCUT2D eigenvalue weighted by Gasteiger charge is -2.40. The SMILES string of the molecule is CC[C@H](C)/C(=N\C(=O)OC(C)(C)C)[C@H](CC(=O)N[C@H](C(=O)C(C)C(=O)N[C@@H](CC(C)C)C(=O)N1CCC[C@H]1C(=O)OCc1ccccc1)C(C)C)O[Si](C)(C)C(C)(C)C. The van der Waals surface area contributed by atoms with Crippen LogP contribution in [-0.4, -0.2) is 90.9 Å². The summed E-state index contributed by atoms with van der Waals surface area (Å²) in [7, 11) is -2.54. The van der Waals surface area contributed by atoms with Crippen molar-refractivity contribution in [2.75, 3.05) is 6.54 Å². The molecule has 1 aliphatic heterocycles. The Kier molecular flexibility index (Phi) is 19.2. The molecule has 1 unspecified atom stereocenters. The van der Waals surface area contributed by atoms with Crippen molar-refractivity contribution in [3.63, 3.8) is 0 Å². The third-order valence-electron chi connectivity index (χ3n) is 11.1. The van der Waals surface area contributed by atoms with Crippen LogP contribution in [0.1, 0.15) is 128 Å². The van der Waals surface area contributed by atoms with Crippen molar-refractivity contribution in [2.45, 2.75) is 177 Å². The highest BCUT2D eigenvalue weighted by Gasteiger charge is 2.43. The fourth-order valence-corrected chi connectivity index (χ4v) is 7.76. The van der Waals surface area contributed by atoms with Crippen LogP contribution in [0.15, 0.2) is 35.3 Å². The molecule has 0 aliphatic carbocycles. The molecule has 59 heavy (non-hydrogen) atoms. The van der Waals surface area contributed by atoms with Crippen molar-refractivity contribution in [3.8, 4) is 0 Å². The molecular formula is C45H74N4O9Si. The van der Waals surface area contributed by atoms with Crippen LogP contribution in [0.25, 0.3) is 0 Å². The van der Waals surface area contributed by atoms with E-state index in [1.165, 1.54) is 11.8 Å². The van der Waals surface area contributed by atoms with Crippen molar-refractivity contribution < 1.29 is 42.7 Å². The number of nitrogens with one attached hydrogen (secondary N) is 2. The summed E-state index contributed by atoms with van der Waals surface area (Å²) in [5.41, 5.74) is 0.447. The van der Waals surface area contributed by atoms with Gasteiger partial charge in [0.2, 0.25) is 17.7 Å². The Balaban J connectivity index is 2.31. The van der Waals surface area contributed by atoms with E-state index < -0.39 is 85.6 Å². The van der Waals surface area contributed by atoms with Gasteiger partial charge in [0, 0.05) is 6.54 Å². The number of esters is 1. The first-order valence-electron chi connectivity index (χ1n) is 21.3. The van der Waals surface area contributed by atoms with E-state index in [-0.39, 0.29) is 36.3 Å². The number of hydrogen-bond acceptors (Lipinski definition) is 9. The predicted octanol–water partition coefficient (Wildman–Crippen LogP) is 7.80. The molecule has 1 fully saturated rings. The molecule has 0 saturated carbocycles. The lowest BCUT2D eigenvalue weighted by Crippen LogP contribution is -2.55. The molecule has 0 radical (unpaired) electrons. The molecule has 0 bridgehead atoms. The van der Waals surface area contributed by atoms with Crippen molar-refractivity contribution in [2.24, 2.45) is 28.7 Å². The Morgan fingerprint density at radius 2 is 1.53 bits per heavy atom. The van der Waals surface area contributed by atoms with Crippen LogP contribution in [0.3, 0.4) is 0 Å². The normalized spacial score (nSPS) is 17.8. The fourth-order valence-electron chi connectivity index (χ4n) is 6.49. The number of hydrogen-bond donors (Lipinski definition) is 2. The molecule has 14 heteroatoms. The van der Waals surface area contributed by atoms with Crippen molar-refractivity contribution in [1.82, 2.24) is 15.5 Å². The minimum atomic E-state index is -2.54. The highest BCUT2D eigenvalue weighted by Crippen LogP contribution is 2.38. The Labute approximate surface area is 354 Å². The molecule has 332 valence electrons. The third kappa shape index (κ3) is 15.9. The molecule has 2 rings (SSSR count). The summed E-state index contributed by atoms with van der Waals surface area (Å²) < 4.78 is 17.9.